The molecule has 0 aromatic heterocycles. The van der Waals surface area contributed by atoms with Gasteiger partial charge in [-0.3, -0.25) is 15.3 Å². The number of nitrogens with one attached hydrogen (secondary N) is 2. The molecule has 2 rings (SSSR count). The molecule has 6 nitrogen and oxygen atoms in total. The van der Waals surface area contributed by atoms with Gasteiger partial charge in [-0.25, -0.2) is 5.48 Å². The van der Waals surface area contributed by atoms with Gasteiger partial charge in [0.1, 0.15) is 11.8 Å². The molecule has 112 valence electrons. The zero-order valence-electron chi connectivity index (χ0n) is 11.6. The lowest BCUT2D eigenvalue weighted by atomic mass is 10.0. The van der Waals surface area contributed by atoms with Gasteiger partial charge in [0.25, 0.3) is 5.91 Å². The van der Waals surface area contributed by atoms with Gasteiger partial charge in [-0.1, -0.05) is 36.4 Å². The number of aliphatic hydroxyl groups excluding tert-OH is 1. The van der Waals surface area contributed by atoms with Crippen LogP contribution in [0.3, 0.4) is 0 Å². The largest absolute Gasteiger partial charge is 0.507 e. The molecule has 21 heavy (non-hydrogen) atoms. The van der Waals surface area contributed by atoms with Crippen LogP contribution in [0.2, 0.25) is 0 Å². The molecular formula is C15H18N2O4. The van der Waals surface area contributed by atoms with E-state index in [0.717, 1.165) is 10.8 Å². The Labute approximate surface area is 122 Å². The Morgan fingerprint density at radius 2 is 1.95 bits per heavy atom. The minimum atomic E-state index is -0.986. The summed E-state index contributed by atoms with van der Waals surface area (Å²) in [7, 11) is 0. The third kappa shape index (κ3) is 3.30. The van der Waals surface area contributed by atoms with E-state index in [1.807, 2.05) is 24.3 Å². The van der Waals surface area contributed by atoms with Gasteiger partial charge in [0.15, 0.2) is 0 Å². The standard InChI is InChI=1S/C15H18N2O4/c1-9(18)13(15(20)17-21)16-8-11-7-6-10-4-2-3-5-12(10)14(11)19/h2-7,9,13,16,18-19,21H,8H2,1H3,(H,17,20)/t9-,13+/m1/s1. The number of benzene rings is 2. The first-order valence-corrected chi connectivity index (χ1v) is 6.59. The molecule has 0 fully saturated rings. The van der Waals surface area contributed by atoms with Crippen LogP contribution in [-0.2, 0) is 11.3 Å². The molecule has 0 radical (unpaired) electrons. The first-order valence-electron chi connectivity index (χ1n) is 6.59. The minimum Gasteiger partial charge on any atom is -0.507 e. The summed E-state index contributed by atoms with van der Waals surface area (Å²) in [5.41, 5.74) is 2.10. The second-order valence-corrected chi connectivity index (χ2v) is 4.87. The molecule has 0 saturated carbocycles. The SMILES string of the molecule is C[C@@H](O)[C@H](NCc1ccc2ccccc2c1O)C(=O)NO. The quantitative estimate of drug-likeness (QED) is 0.416. The maximum atomic E-state index is 11.4. The Morgan fingerprint density at radius 1 is 1.24 bits per heavy atom. The smallest absolute Gasteiger partial charge is 0.263 e. The fourth-order valence-electron chi connectivity index (χ4n) is 2.21. The molecule has 0 heterocycles. The van der Waals surface area contributed by atoms with Gasteiger partial charge in [-0.05, 0) is 12.3 Å². The fraction of sp³-hybridized carbons (Fsp3) is 0.267. The van der Waals surface area contributed by atoms with Gasteiger partial charge < -0.3 is 10.2 Å². The highest BCUT2D eigenvalue weighted by Crippen LogP contribution is 2.28. The van der Waals surface area contributed by atoms with Crippen molar-refractivity contribution in [2.75, 3.05) is 0 Å². The summed E-state index contributed by atoms with van der Waals surface area (Å²) < 4.78 is 0. The number of phenols is 1. The normalized spacial score (nSPS) is 13.9. The van der Waals surface area contributed by atoms with Gasteiger partial charge in [0, 0.05) is 17.5 Å². The molecule has 2 aromatic rings. The first-order chi connectivity index (χ1) is 10.0. The Kier molecular flexibility index (Phi) is 4.74. The molecule has 2 aromatic carbocycles. The van der Waals surface area contributed by atoms with Crippen molar-refractivity contribution in [3.8, 4) is 5.75 Å². The topological polar surface area (TPSA) is 102 Å². The Hall–Kier alpha value is -2.15. The van der Waals surface area contributed by atoms with E-state index in [9.17, 15) is 15.0 Å². The van der Waals surface area contributed by atoms with E-state index in [2.05, 4.69) is 5.32 Å². The summed E-state index contributed by atoms with van der Waals surface area (Å²) in [5, 5.41) is 32.9. The number of hydrogen-bond donors (Lipinski definition) is 5. The summed E-state index contributed by atoms with van der Waals surface area (Å²) in [4.78, 5) is 11.4. The van der Waals surface area contributed by atoms with Crippen molar-refractivity contribution in [3.05, 3.63) is 42.0 Å². The second-order valence-electron chi connectivity index (χ2n) is 4.87. The van der Waals surface area contributed by atoms with Crippen LogP contribution in [0.15, 0.2) is 36.4 Å². The number of aromatic hydroxyl groups is 1. The van der Waals surface area contributed by atoms with Crippen molar-refractivity contribution < 1.29 is 20.2 Å². The van der Waals surface area contributed by atoms with Crippen LogP contribution in [0.1, 0.15) is 12.5 Å². The maximum absolute atomic E-state index is 11.4. The molecule has 2 atom stereocenters. The van der Waals surface area contributed by atoms with Crippen LogP contribution in [0, 0.1) is 0 Å². The third-order valence-electron chi connectivity index (χ3n) is 3.37. The number of carbonyl (C=O) groups is 1. The van der Waals surface area contributed by atoms with Gasteiger partial charge >= 0.3 is 0 Å². The number of phenolic OH excluding ortho intramolecular Hbond substituents is 1. The van der Waals surface area contributed by atoms with Gasteiger partial charge in [0.2, 0.25) is 0 Å². The highest BCUT2D eigenvalue weighted by Gasteiger charge is 2.23. The predicted octanol–water partition coefficient (Wildman–Crippen LogP) is 0.890. The third-order valence-corrected chi connectivity index (χ3v) is 3.37. The highest BCUT2D eigenvalue weighted by molar-refractivity contribution is 5.89. The predicted molar refractivity (Wildman–Crippen MR) is 77.9 cm³/mol. The van der Waals surface area contributed by atoms with Crippen molar-refractivity contribution in [1.29, 1.82) is 0 Å². The molecule has 1 amide bonds. The zero-order valence-corrected chi connectivity index (χ0v) is 11.6. The fourth-order valence-corrected chi connectivity index (χ4v) is 2.21. The molecule has 6 heteroatoms. The highest BCUT2D eigenvalue weighted by atomic mass is 16.5. The minimum absolute atomic E-state index is 0.134. The molecule has 0 bridgehead atoms. The number of aliphatic hydroxyl groups is 1. The number of hydroxylamine groups is 1. The molecule has 0 aliphatic carbocycles. The van der Waals surface area contributed by atoms with Crippen LogP contribution in [0.25, 0.3) is 10.8 Å². The molecule has 0 spiro atoms. The van der Waals surface area contributed by atoms with Crippen LogP contribution >= 0.6 is 0 Å². The monoisotopic (exact) mass is 290 g/mol. The summed E-state index contributed by atoms with van der Waals surface area (Å²) in [5.74, 6) is -0.598. The Morgan fingerprint density at radius 3 is 2.62 bits per heavy atom. The Balaban J connectivity index is 2.20. The van der Waals surface area contributed by atoms with Crippen molar-refractivity contribution in [3.63, 3.8) is 0 Å². The number of hydrogen-bond acceptors (Lipinski definition) is 5. The summed E-state index contributed by atoms with van der Waals surface area (Å²) in [6, 6.07) is 10.1. The van der Waals surface area contributed by atoms with E-state index in [4.69, 9.17) is 5.21 Å². The van der Waals surface area contributed by atoms with Crippen LogP contribution in [-0.4, -0.2) is 33.5 Å². The summed E-state index contributed by atoms with van der Waals surface area (Å²) >= 11 is 0. The van der Waals surface area contributed by atoms with E-state index < -0.39 is 18.1 Å². The van der Waals surface area contributed by atoms with Crippen LogP contribution in [0.4, 0.5) is 0 Å². The molecule has 0 unspecified atom stereocenters. The van der Waals surface area contributed by atoms with Crippen molar-refractivity contribution >= 4 is 16.7 Å². The van der Waals surface area contributed by atoms with Crippen LogP contribution in [0.5, 0.6) is 5.75 Å². The lowest BCUT2D eigenvalue weighted by molar-refractivity contribution is -0.134. The Bertz CT molecular complexity index is 643. The zero-order chi connectivity index (χ0) is 15.4. The molecular weight excluding hydrogens is 272 g/mol. The average molecular weight is 290 g/mol. The second kappa shape index (κ2) is 6.53. The van der Waals surface area contributed by atoms with E-state index in [1.165, 1.54) is 12.4 Å². The van der Waals surface area contributed by atoms with Gasteiger partial charge in [0.05, 0.1) is 6.10 Å². The molecule has 0 saturated heterocycles. The lowest BCUT2D eigenvalue weighted by Crippen LogP contribution is -2.49. The number of fused-ring (bicyclic) bond motifs is 1. The number of amides is 1. The summed E-state index contributed by atoms with van der Waals surface area (Å²) in [6.07, 6.45) is -0.986. The van der Waals surface area contributed by atoms with Gasteiger partial charge in [-0.2, -0.15) is 0 Å². The summed E-state index contributed by atoms with van der Waals surface area (Å²) in [6.45, 7) is 1.62. The molecule has 0 aliphatic heterocycles. The van der Waals surface area contributed by atoms with Crippen LogP contribution < -0.4 is 10.8 Å². The van der Waals surface area contributed by atoms with E-state index >= 15 is 0 Å². The number of carbonyl (C=O) groups excluding carboxylic acids is 1. The van der Waals surface area contributed by atoms with E-state index in [0.29, 0.717) is 5.56 Å². The molecule has 0 aliphatic rings. The van der Waals surface area contributed by atoms with Gasteiger partial charge in [-0.15, -0.1) is 0 Å². The average Bonchev–Trinajstić information content (AvgIpc) is 2.49. The van der Waals surface area contributed by atoms with Crippen molar-refractivity contribution in [1.82, 2.24) is 10.8 Å². The van der Waals surface area contributed by atoms with Crippen molar-refractivity contribution in [2.24, 2.45) is 0 Å². The first kappa shape index (κ1) is 15.2. The number of rotatable bonds is 5. The lowest BCUT2D eigenvalue weighted by Gasteiger charge is -2.19. The van der Waals surface area contributed by atoms with E-state index in [-0.39, 0.29) is 12.3 Å². The maximum Gasteiger partial charge on any atom is 0.263 e. The van der Waals surface area contributed by atoms with Crippen molar-refractivity contribution in [2.45, 2.75) is 25.6 Å². The molecule has 5 N–H and O–H groups in total. The van der Waals surface area contributed by atoms with E-state index in [1.54, 1.807) is 12.1 Å².